The average Bonchev–Trinajstić information content (AvgIpc) is 2.03. The summed E-state index contributed by atoms with van der Waals surface area (Å²) < 4.78 is 0. The van der Waals surface area contributed by atoms with Gasteiger partial charge in [-0.2, -0.15) is 0 Å². The second-order valence-electron chi connectivity index (χ2n) is 2.78. The lowest BCUT2D eigenvalue weighted by molar-refractivity contribution is 0.816. The molecule has 0 bridgehead atoms. The minimum Gasteiger partial charge on any atom is -0.370 e. The molecule has 0 aliphatic heterocycles. The number of guanidine groups is 1. The van der Waals surface area contributed by atoms with Gasteiger partial charge in [0, 0.05) is 5.02 Å². The monoisotopic (exact) mass is 197 g/mol. The third kappa shape index (κ3) is 2.95. The fourth-order valence-corrected chi connectivity index (χ4v) is 1.26. The van der Waals surface area contributed by atoms with Crippen LogP contribution >= 0.6 is 11.6 Å². The van der Waals surface area contributed by atoms with Gasteiger partial charge in [-0.1, -0.05) is 23.7 Å². The van der Waals surface area contributed by atoms with Crippen LogP contribution in [0, 0.1) is 0 Å². The molecule has 70 valence electrons. The Morgan fingerprint density at radius 1 is 1.46 bits per heavy atom. The summed E-state index contributed by atoms with van der Waals surface area (Å²) in [5, 5.41) is 0.690. The molecule has 4 heteroatoms. The van der Waals surface area contributed by atoms with Gasteiger partial charge in [0.15, 0.2) is 5.96 Å². The standard InChI is InChI=1S/C9H12ClN3/c1-6(13-9(11)12)7-3-2-4-8(10)5-7/h2-6H,1H3,(H4,11,12,13). The first-order valence-electron chi connectivity index (χ1n) is 3.94. The van der Waals surface area contributed by atoms with E-state index in [1.54, 1.807) is 0 Å². The highest BCUT2D eigenvalue weighted by molar-refractivity contribution is 6.30. The van der Waals surface area contributed by atoms with Crippen LogP contribution < -0.4 is 11.5 Å². The van der Waals surface area contributed by atoms with E-state index in [2.05, 4.69) is 4.99 Å². The zero-order chi connectivity index (χ0) is 9.84. The van der Waals surface area contributed by atoms with E-state index in [1.165, 1.54) is 0 Å². The molecule has 0 saturated carbocycles. The third-order valence-electron chi connectivity index (χ3n) is 1.67. The van der Waals surface area contributed by atoms with Crippen LogP contribution in [0.5, 0.6) is 0 Å². The van der Waals surface area contributed by atoms with Gasteiger partial charge in [-0.3, -0.25) is 0 Å². The van der Waals surface area contributed by atoms with Crippen molar-refractivity contribution in [3.05, 3.63) is 34.9 Å². The van der Waals surface area contributed by atoms with Gasteiger partial charge in [0.25, 0.3) is 0 Å². The van der Waals surface area contributed by atoms with Gasteiger partial charge >= 0.3 is 0 Å². The summed E-state index contributed by atoms with van der Waals surface area (Å²) in [7, 11) is 0. The maximum absolute atomic E-state index is 5.81. The highest BCUT2D eigenvalue weighted by Crippen LogP contribution is 2.19. The number of hydrogen-bond donors (Lipinski definition) is 2. The van der Waals surface area contributed by atoms with Crippen molar-refractivity contribution in [1.82, 2.24) is 0 Å². The molecule has 0 heterocycles. The second kappa shape index (κ2) is 4.14. The van der Waals surface area contributed by atoms with E-state index in [0.717, 1.165) is 5.56 Å². The van der Waals surface area contributed by atoms with E-state index in [0.29, 0.717) is 5.02 Å². The van der Waals surface area contributed by atoms with Crippen molar-refractivity contribution in [1.29, 1.82) is 0 Å². The minimum absolute atomic E-state index is 0.0521. The van der Waals surface area contributed by atoms with Gasteiger partial charge in [-0.15, -0.1) is 0 Å². The Kier molecular flexibility index (Phi) is 3.14. The van der Waals surface area contributed by atoms with Crippen molar-refractivity contribution < 1.29 is 0 Å². The van der Waals surface area contributed by atoms with Crippen molar-refractivity contribution in [2.75, 3.05) is 0 Å². The summed E-state index contributed by atoms with van der Waals surface area (Å²) in [6.07, 6.45) is 0. The molecule has 0 aliphatic rings. The maximum atomic E-state index is 5.81. The predicted molar refractivity (Wildman–Crippen MR) is 55.7 cm³/mol. The zero-order valence-corrected chi connectivity index (χ0v) is 8.12. The van der Waals surface area contributed by atoms with Gasteiger partial charge in [0.2, 0.25) is 0 Å². The van der Waals surface area contributed by atoms with Crippen LogP contribution in [-0.2, 0) is 0 Å². The highest BCUT2D eigenvalue weighted by Gasteiger charge is 2.03. The summed E-state index contributed by atoms with van der Waals surface area (Å²) >= 11 is 5.81. The fourth-order valence-electron chi connectivity index (χ4n) is 1.06. The van der Waals surface area contributed by atoms with Crippen LogP contribution in [0.15, 0.2) is 29.3 Å². The lowest BCUT2D eigenvalue weighted by Gasteiger charge is -2.06. The summed E-state index contributed by atoms with van der Waals surface area (Å²) in [6, 6.07) is 7.41. The van der Waals surface area contributed by atoms with Gasteiger partial charge in [0.05, 0.1) is 6.04 Å². The summed E-state index contributed by atoms with van der Waals surface area (Å²) in [4.78, 5) is 4.00. The van der Waals surface area contributed by atoms with E-state index in [-0.39, 0.29) is 12.0 Å². The van der Waals surface area contributed by atoms with Crippen LogP contribution in [-0.4, -0.2) is 5.96 Å². The van der Waals surface area contributed by atoms with E-state index >= 15 is 0 Å². The normalized spacial score (nSPS) is 12.2. The fraction of sp³-hybridized carbons (Fsp3) is 0.222. The molecule has 13 heavy (non-hydrogen) atoms. The SMILES string of the molecule is CC(N=C(N)N)c1cccc(Cl)c1. The molecule has 0 aromatic heterocycles. The molecule has 0 amide bonds. The Morgan fingerprint density at radius 2 is 2.15 bits per heavy atom. The molecule has 1 atom stereocenters. The van der Waals surface area contributed by atoms with Crippen molar-refractivity contribution in [2.24, 2.45) is 16.5 Å². The number of rotatable bonds is 2. The first kappa shape index (κ1) is 9.86. The molecule has 1 rings (SSSR count). The molecule has 0 saturated heterocycles. The summed E-state index contributed by atoms with van der Waals surface area (Å²) in [5.41, 5.74) is 11.5. The van der Waals surface area contributed by atoms with Gasteiger partial charge in [0.1, 0.15) is 0 Å². The van der Waals surface area contributed by atoms with E-state index in [1.807, 2.05) is 31.2 Å². The van der Waals surface area contributed by atoms with E-state index < -0.39 is 0 Å². The van der Waals surface area contributed by atoms with Crippen LogP contribution in [0.25, 0.3) is 0 Å². The number of halogens is 1. The average molecular weight is 198 g/mol. The highest BCUT2D eigenvalue weighted by atomic mass is 35.5. The molecule has 0 aliphatic carbocycles. The summed E-state index contributed by atoms with van der Waals surface area (Å²) in [5.74, 6) is 0.0903. The number of benzene rings is 1. The van der Waals surface area contributed by atoms with Crippen LogP contribution in [0.2, 0.25) is 5.02 Å². The largest absolute Gasteiger partial charge is 0.370 e. The molecule has 0 spiro atoms. The third-order valence-corrected chi connectivity index (χ3v) is 1.91. The number of aliphatic imine (C=N–C) groups is 1. The number of nitrogens with zero attached hydrogens (tertiary/aromatic N) is 1. The molecule has 1 aromatic rings. The van der Waals surface area contributed by atoms with Crippen molar-refractivity contribution in [2.45, 2.75) is 13.0 Å². The van der Waals surface area contributed by atoms with Crippen LogP contribution in [0.4, 0.5) is 0 Å². The molecule has 3 nitrogen and oxygen atoms in total. The molecule has 0 fully saturated rings. The van der Waals surface area contributed by atoms with Gasteiger partial charge in [-0.05, 0) is 24.6 Å². The number of nitrogens with two attached hydrogens (primary N) is 2. The molecular formula is C9H12ClN3. The molecule has 1 unspecified atom stereocenters. The van der Waals surface area contributed by atoms with Crippen molar-refractivity contribution in [3.63, 3.8) is 0 Å². The lowest BCUT2D eigenvalue weighted by atomic mass is 10.1. The first-order valence-corrected chi connectivity index (χ1v) is 4.31. The van der Waals surface area contributed by atoms with E-state index in [4.69, 9.17) is 23.1 Å². The topological polar surface area (TPSA) is 64.4 Å². The quantitative estimate of drug-likeness (QED) is 0.560. The Balaban J connectivity index is 2.89. The van der Waals surface area contributed by atoms with Gasteiger partial charge in [-0.25, -0.2) is 4.99 Å². The predicted octanol–water partition coefficient (Wildman–Crippen LogP) is 1.67. The number of hydrogen-bond acceptors (Lipinski definition) is 1. The summed E-state index contributed by atoms with van der Waals surface area (Å²) in [6.45, 7) is 1.91. The smallest absolute Gasteiger partial charge is 0.186 e. The lowest BCUT2D eigenvalue weighted by Crippen LogP contribution is -2.23. The maximum Gasteiger partial charge on any atom is 0.186 e. The molecule has 0 radical (unpaired) electrons. The Morgan fingerprint density at radius 3 is 2.69 bits per heavy atom. The molecule has 1 aromatic carbocycles. The molecular weight excluding hydrogens is 186 g/mol. The van der Waals surface area contributed by atoms with Crippen molar-refractivity contribution >= 4 is 17.6 Å². The second-order valence-corrected chi connectivity index (χ2v) is 3.22. The van der Waals surface area contributed by atoms with Crippen molar-refractivity contribution in [3.8, 4) is 0 Å². The van der Waals surface area contributed by atoms with Crippen LogP contribution in [0.3, 0.4) is 0 Å². The van der Waals surface area contributed by atoms with Crippen LogP contribution in [0.1, 0.15) is 18.5 Å². The minimum atomic E-state index is -0.0521. The Bertz CT molecular complexity index is 318. The zero-order valence-electron chi connectivity index (χ0n) is 7.37. The van der Waals surface area contributed by atoms with E-state index in [9.17, 15) is 0 Å². The Labute approximate surface area is 82.4 Å². The van der Waals surface area contributed by atoms with Gasteiger partial charge < -0.3 is 11.5 Å². The molecule has 4 N–H and O–H groups in total. The first-order chi connectivity index (χ1) is 6.09. The Hall–Kier alpha value is -1.22.